The van der Waals surface area contributed by atoms with Crippen LogP contribution in [0, 0.1) is 25.6 Å². The second kappa shape index (κ2) is 15.0. The molecule has 3 unspecified atom stereocenters. The van der Waals surface area contributed by atoms with Gasteiger partial charge in [-0.3, -0.25) is 39.1 Å². The monoisotopic (exact) mass is 826 g/mol. The normalized spacial score (nSPS) is 22.2. The van der Waals surface area contributed by atoms with E-state index < -0.39 is 35.5 Å². The molecular weight excluding hydrogens is 787 g/mol. The fourth-order valence-electron chi connectivity index (χ4n) is 8.93. The van der Waals surface area contributed by atoms with Crippen LogP contribution in [0.4, 0.5) is 32.5 Å². The first-order valence-corrected chi connectivity index (χ1v) is 20.6. The molecule has 58 heavy (non-hydrogen) atoms. The number of piperazine rings is 1. The van der Waals surface area contributed by atoms with Crippen LogP contribution in [0.5, 0.6) is 0 Å². The Labute approximate surface area is 342 Å². The second-order valence-corrected chi connectivity index (χ2v) is 17.0. The Kier molecular flexibility index (Phi) is 9.84. The standard InChI is InChI=1S/C40H40ClFN10O5S/c1-20-4-3-5-27(41)35(20)48-37(55)31-16-43-40(58-31)46-32-15-33(45-21(2)44-32)49-10-8-22(9-11-49)17-50-18-24-12-23(50)19-51(24)30-14-26-25(13-28(30)42)38(56)52(39(26)57)29-6-7-34(53)47-36(29)54/h3-5,13-16,22-24,29H,6-12,17-19H2,1-2H3,(H,48,55)(H,47,53,54)(H,43,44,45,46). The van der Waals surface area contributed by atoms with Crippen LogP contribution in [-0.2, 0) is 9.59 Å². The highest BCUT2D eigenvalue weighted by atomic mass is 35.5. The molecule has 3 atom stereocenters. The van der Waals surface area contributed by atoms with Crippen LogP contribution in [0.2, 0.25) is 5.02 Å². The molecule has 0 spiro atoms. The number of aromatic nitrogens is 3. The third-order valence-electron chi connectivity index (χ3n) is 11.9. The molecule has 300 valence electrons. The van der Waals surface area contributed by atoms with Gasteiger partial charge in [0.15, 0.2) is 5.13 Å². The zero-order valence-corrected chi connectivity index (χ0v) is 33.3. The van der Waals surface area contributed by atoms with Crippen LogP contribution >= 0.6 is 22.9 Å². The molecule has 5 amide bonds. The second-order valence-electron chi connectivity index (χ2n) is 15.6. The summed E-state index contributed by atoms with van der Waals surface area (Å²) in [7, 11) is 0. The lowest BCUT2D eigenvalue weighted by atomic mass is 9.95. The van der Waals surface area contributed by atoms with Crippen molar-refractivity contribution in [3.8, 4) is 0 Å². The Morgan fingerprint density at radius 2 is 1.78 bits per heavy atom. The van der Waals surface area contributed by atoms with Crippen molar-refractivity contribution in [3.63, 3.8) is 0 Å². The maximum atomic E-state index is 15.6. The number of amides is 5. The molecule has 4 saturated heterocycles. The first-order valence-electron chi connectivity index (χ1n) is 19.4. The molecule has 4 fully saturated rings. The topological polar surface area (TPSA) is 173 Å². The number of thiazole rings is 1. The van der Waals surface area contributed by atoms with Gasteiger partial charge in [0.1, 0.15) is 34.2 Å². The van der Waals surface area contributed by atoms with Gasteiger partial charge in [0, 0.05) is 57.3 Å². The van der Waals surface area contributed by atoms with Crippen LogP contribution in [0.25, 0.3) is 0 Å². The minimum absolute atomic E-state index is 0.0168. The first-order chi connectivity index (χ1) is 27.9. The summed E-state index contributed by atoms with van der Waals surface area (Å²) < 4.78 is 15.6. The van der Waals surface area contributed by atoms with Crippen molar-refractivity contribution >= 4 is 80.6 Å². The Bertz CT molecular complexity index is 2370. The lowest BCUT2D eigenvalue weighted by molar-refractivity contribution is -0.136. The number of nitrogens with zero attached hydrogens (tertiary/aromatic N) is 7. The maximum Gasteiger partial charge on any atom is 0.267 e. The van der Waals surface area contributed by atoms with E-state index in [0.29, 0.717) is 50.5 Å². The molecule has 4 aromatic rings. The number of nitrogens with one attached hydrogen (secondary N) is 3. The van der Waals surface area contributed by atoms with Gasteiger partial charge >= 0.3 is 0 Å². The molecule has 5 aliphatic heterocycles. The number of carbonyl (C=O) groups excluding carboxylic acids is 5. The molecule has 2 aromatic carbocycles. The van der Waals surface area contributed by atoms with Crippen molar-refractivity contribution in [2.24, 2.45) is 5.92 Å². The van der Waals surface area contributed by atoms with Crippen molar-refractivity contribution in [2.45, 2.75) is 64.1 Å². The Morgan fingerprint density at radius 3 is 2.50 bits per heavy atom. The maximum absolute atomic E-state index is 15.6. The number of hydrogen-bond donors (Lipinski definition) is 3. The third-order valence-corrected chi connectivity index (χ3v) is 13.1. The number of piperidine rings is 2. The van der Waals surface area contributed by atoms with E-state index in [-0.39, 0.29) is 42.0 Å². The van der Waals surface area contributed by atoms with Crippen LogP contribution in [-0.4, -0.2) is 105 Å². The number of halogens is 2. The largest absolute Gasteiger partial charge is 0.363 e. The van der Waals surface area contributed by atoms with E-state index >= 15 is 4.39 Å². The van der Waals surface area contributed by atoms with Gasteiger partial charge in [0.25, 0.3) is 17.7 Å². The van der Waals surface area contributed by atoms with E-state index in [9.17, 15) is 24.0 Å². The van der Waals surface area contributed by atoms with E-state index in [1.165, 1.54) is 23.6 Å². The van der Waals surface area contributed by atoms with Crippen molar-refractivity contribution in [2.75, 3.05) is 53.2 Å². The SMILES string of the molecule is Cc1nc(Nc2ncc(C(=O)Nc3c(C)cccc3Cl)s2)cc(N2CCC(CN3CC4CC3CN4c3cc4c(cc3F)C(=O)N(C3CCC(=O)NC3=O)C4=O)CC2)n1. The summed E-state index contributed by atoms with van der Waals surface area (Å²) >= 11 is 7.52. The molecule has 0 saturated carbocycles. The molecule has 2 bridgehead atoms. The van der Waals surface area contributed by atoms with E-state index in [2.05, 4.69) is 35.7 Å². The molecule has 2 aromatic heterocycles. The number of carbonyl (C=O) groups is 5. The van der Waals surface area contributed by atoms with Crippen molar-refractivity contribution < 1.29 is 28.4 Å². The minimum Gasteiger partial charge on any atom is -0.363 e. The third kappa shape index (κ3) is 7.04. The molecule has 0 radical (unpaired) electrons. The predicted molar refractivity (Wildman–Crippen MR) is 215 cm³/mol. The van der Waals surface area contributed by atoms with Crippen LogP contribution < -0.4 is 25.8 Å². The van der Waals surface area contributed by atoms with Crippen molar-refractivity contribution in [1.29, 1.82) is 0 Å². The van der Waals surface area contributed by atoms with Gasteiger partial charge in [-0.05, 0) is 69.2 Å². The fourth-order valence-corrected chi connectivity index (χ4v) is 9.92. The number of benzene rings is 2. The fraction of sp³-hybridized carbons (Fsp3) is 0.400. The highest BCUT2D eigenvalue weighted by Gasteiger charge is 2.48. The number of fused-ring (bicyclic) bond motifs is 3. The van der Waals surface area contributed by atoms with E-state index in [4.69, 9.17) is 16.6 Å². The first kappa shape index (κ1) is 38.0. The average Bonchev–Trinajstić information content (AvgIpc) is 3.97. The Balaban J connectivity index is 0.786. The number of anilines is 5. The van der Waals surface area contributed by atoms with Gasteiger partial charge < -0.3 is 20.4 Å². The molecule has 5 aliphatic rings. The number of likely N-dealkylation sites (tertiary alicyclic amines) is 1. The van der Waals surface area contributed by atoms with E-state index in [0.717, 1.165) is 67.8 Å². The van der Waals surface area contributed by atoms with Crippen LogP contribution in [0.1, 0.15) is 73.9 Å². The zero-order valence-electron chi connectivity index (χ0n) is 31.8. The van der Waals surface area contributed by atoms with Crippen LogP contribution in [0.3, 0.4) is 0 Å². The summed E-state index contributed by atoms with van der Waals surface area (Å²) in [5.41, 5.74) is 1.76. The molecule has 3 N–H and O–H groups in total. The van der Waals surface area contributed by atoms with Gasteiger partial charge in [0.2, 0.25) is 11.8 Å². The molecular formula is C40H40ClFN10O5S. The Morgan fingerprint density at radius 1 is 1.00 bits per heavy atom. The summed E-state index contributed by atoms with van der Waals surface area (Å²) in [4.78, 5) is 85.4. The van der Waals surface area contributed by atoms with Crippen LogP contribution in [0.15, 0.2) is 42.6 Å². The highest BCUT2D eigenvalue weighted by Crippen LogP contribution is 2.40. The van der Waals surface area contributed by atoms with E-state index in [1.807, 2.05) is 36.9 Å². The summed E-state index contributed by atoms with van der Waals surface area (Å²) in [6, 6.07) is 9.14. The van der Waals surface area contributed by atoms with Gasteiger partial charge in [-0.2, -0.15) is 0 Å². The lowest BCUT2D eigenvalue weighted by Crippen LogP contribution is -2.54. The summed E-state index contributed by atoms with van der Waals surface area (Å²) in [6.07, 6.45) is 4.43. The molecule has 18 heteroatoms. The van der Waals surface area contributed by atoms with Gasteiger partial charge in [0.05, 0.1) is 33.7 Å². The van der Waals surface area contributed by atoms with E-state index in [1.54, 1.807) is 6.07 Å². The lowest BCUT2D eigenvalue weighted by Gasteiger charge is -2.39. The van der Waals surface area contributed by atoms with Crippen molar-refractivity contribution in [3.05, 3.63) is 80.8 Å². The summed E-state index contributed by atoms with van der Waals surface area (Å²) in [6.45, 7) is 7.72. The Hall–Kier alpha value is -5.52. The van der Waals surface area contributed by atoms with Gasteiger partial charge in [-0.15, -0.1) is 0 Å². The number of para-hydroxylation sites is 1. The molecule has 9 rings (SSSR count). The molecule has 7 heterocycles. The molecule has 15 nitrogen and oxygen atoms in total. The number of hydrogen-bond acceptors (Lipinski definition) is 13. The summed E-state index contributed by atoms with van der Waals surface area (Å²) in [5.74, 6) is -0.859. The van der Waals surface area contributed by atoms with Gasteiger partial charge in [-0.1, -0.05) is 35.1 Å². The number of aryl methyl sites for hydroxylation is 2. The quantitative estimate of drug-likeness (QED) is 0.195. The smallest absolute Gasteiger partial charge is 0.267 e. The number of rotatable bonds is 9. The number of imide groups is 2. The highest BCUT2D eigenvalue weighted by molar-refractivity contribution is 7.17. The molecule has 0 aliphatic carbocycles. The van der Waals surface area contributed by atoms with Crippen molar-refractivity contribution in [1.82, 2.24) is 30.1 Å². The predicted octanol–water partition coefficient (Wildman–Crippen LogP) is 4.92. The minimum atomic E-state index is -1.10. The van der Waals surface area contributed by atoms with Gasteiger partial charge in [-0.25, -0.2) is 19.3 Å². The zero-order chi connectivity index (χ0) is 40.4. The summed E-state index contributed by atoms with van der Waals surface area (Å²) in [5, 5.41) is 9.31. The average molecular weight is 827 g/mol.